The Morgan fingerprint density at radius 1 is 1.15 bits per heavy atom. The summed E-state index contributed by atoms with van der Waals surface area (Å²) in [5, 5.41) is 5.08. The van der Waals surface area contributed by atoms with E-state index in [0.29, 0.717) is 23.3 Å². The summed E-state index contributed by atoms with van der Waals surface area (Å²) in [7, 11) is 1.74. The molecule has 1 fully saturated rings. The van der Waals surface area contributed by atoms with E-state index < -0.39 is 22.9 Å². The van der Waals surface area contributed by atoms with Crippen molar-refractivity contribution < 1.29 is 32.2 Å². The van der Waals surface area contributed by atoms with Crippen molar-refractivity contribution in [3.8, 4) is 0 Å². The van der Waals surface area contributed by atoms with E-state index in [4.69, 9.17) is 9.72 Å². The van der Waals surface area contributed by atoms with Crippen LogP contribution in [0.5, 0.6) is 0 Å². The van der Waals surface area contributed by atoms with E-state index in [-0.39, 0.29) is 6.10 Å². The summed E-state index contributed by atoms with van der Waals surface area (Å²) in [5.74, 6) is -3.27. The number of rotatable bonds is 15. The molecule has 41 heavy (non-hydrogen) atoms. The smallest absolute Gasteiger partial charge is 0.385 e. The lowest BCUT2D eigenvalue weighted by molar-refractivity contribution is -0.202. The van der Waals surface area contributed by atoms with Crippen LogP contribution in [0.15, 0.2) is 15.9 Å². The Hall–Kier alpha value is -2.45. The van der Waals surface area contributed by atoms with Crippen LogP contribution in [-0.2, 0) is 31.9 Å². The van der Waals surface area contributed by atoms with Gasteiger partial charge in [0, 0.05) is 38.5 Å². The van der Waals surface area contributed by atoms with Gasteiger partial charge in [-0.15, -0.1) is 11.3 Å². The third-order valence-corrected chi connectivity index (χ3v) is 8.79. The number of anilines is 2. The first-order chi connectivity index (χ1) is 19.4. The zero-order chi connectivity index (χ0) is 30.0. The molecule has 1 N–H and O–H groups in total. The summed E-state index contributed by atoms with van der Waals surface area (Å²) < 4.78 is 45.9. The van der Waals surface area contributed by atoms with Crippen molar-refractivity contribution >= 4 is 46.7 Å². The highest BCUT2D eigenvalue weighted by molar-refractivity contribution is 8.03. The number of alkyl halides is 3. The van der Waals surface area contributed by atoms with Crippen LogP contribution in [0, 0.1) is 0 Å². The molecule has 0 bridgehead atoms. The molecule has 0 aromatic carbocycles. The van der Waals surface area contributed by atoms with E-state index in [1.54, 1.807) is 7.11 Å². The van der Waals surface area contributed by atoms with Crippen molar-refractivity contribution in [3.05, 3.63) is 23.0 Å². The molecule has 9 nitrogen and oxygen atoms in total. The molecule has 1 unspecified atom stereocenters. The van der Waals surface area contributed by atoms with Crippen LogP contribution in [0.3, 0.4) is 0 Å². The first kappa shape index (κ1) is 33.1. The van der Waals surface area contributed by atoms with Gasteiger partial charge < -0.3 is 19.7 Å². The number of methoxy groups -OCH3 is 1. The largest absolute Gasteiger partial charge is 0.491 e. The Morgan fingerprint density at radius 2 is 1.90 bits per heavy atom. The molecule has 0 radical (unpaired) electrons. The fourth-order valence-electron chi connectivity index (χ4n) is 4.26. The number of hydrogen-bond acceptors (Lipinski definition) is 11. The van der Waals surface area contributed by atoms with Crippen LogP contribution in [0.2, 0.25) is 0 Å². The number of halogens is 3. The van der Waals surface area contributed by atoms with Gasteiger partial charge in [0.15, 0.2) is 4.34 Å². The quantitative estimate of drug-likeness (QED) is 0.114. The lowest BCUT2D eigenvalue weighted by atomic mass is 10.1. The van der Waals surface area contributed by atoms with Gasteiger partial charge in [0.05, 0.1) is 29.4 Å². The zero-order valence-electron chi connectivity index (χ0n) is 23.9. The minimum Gasteiger partial charge on any atom is -0.385 e. The van der Waals surface area contributed by atoms with E-state index in [2.05, 4.69) is 31.8 Å². The van der Waals surface area contributed by atoms with E-state index in [0.717, 1.165) is 67.6 Å². The van der Waals surface area contributed by atoms with Gasteiger partial charge in [0.2, 0.25) is 5.95 Å². The molecular weight excluding hydrogens is 579 g/mol. The summed E-state index contributed by atoms with van der Waals surface area (Å²) in [6, 6.07) is 0. The lowest BCUT2D eigenvalue weighted by Gasteiger charge is -2.21. The molecule has 1 aliphatic rings. The van der Waals surface area contributed by atoms with Crippen LogP contribution in [-0.4, -0.2) is 70.7 Å². The highest BCUT2D eigenvalue weighted by Crippen LogP contribution is 2.36. The second kappa shape index (κ2) is 15.1. The Morgan fingerprint density at radius 3 is 2.59 bits per heavy atom. The Bertz CT molecular complexity index is 1160. The van der Waals surface area contributed by atoms with Crippen LogP contribution < -0.4 is 10.2 Å². The average molecular weight is 618 g/mol. The van der Waals surface area contributed by atoms with Crippen molar-refractivity contribution in [1.82, 2.24) is 15.0 Å². The number of unbranched alkanes of at least 4 members (excludes halogenated alkanes) is 4. The van der Waals surface area contributed by atoms with Gasteiger partial charge in [-0.05, 0) is 33.1 Å². The number of ether oxygens (including phenoxy) is 2. The van der Waals surface area contributed by atoms with Gasteiger partial charge in [-0.3, -0.25) is 4.79 Å². The molecule has 0 spiro atoms. The predicted molar refractivity (Wildman–Crippen MR) is 154 cm³/mol. The zero-order valence-corrected chi connectivity index (χ0v) is 25.5. The van der Waals surface area contributed by atoms with E-state index in [1.807, 2.05) is 11.6 Å². The van der Waals surface area contributed by atoms with Crippen molar-refractivity contribution in [2.75, 3.05) is 37.0 Å². The maximum absolute atomic E-state index is 12.4. The number of hydrogen-bond donors (Lipinski definition) is 1. The maximum Gasteiger partial charge on any atom is 0.491 e. The van der Waals surface area contributed by atoms with Gasteiger partial charge in [-0.2, -0.15) is 13.2 Å². The standard InChI is InChI=1S/C27H38F3N5O4S2/c1-5-6-7-8-9-10-20-21(35-14-12-19(16-35)38-4)15-32-24(34-20)31-13-11-18-17-40-25(33-18)41-26(2,3)22(36)39-23(37)27(28,29)30/h15,17,19H,5-14,16H2,1-4H3,(H,31,32,34). The SMILES string of the molecule is CCCCCCCc1nc(NCCc2csc(SC(C)(C)C(=O)OC(=O)C(F)(F)F)n2)ncc1N1CCC(OC)C1. The predicted octanol–water partition coefficient (Wildman–Crippen LogP) is 5.83. The van der Waals surface area contributed by atoms with Crippen LogP contribution in [0.25, 0.3) is 0 Å². The molecule has 1 atom stereocenters. The number of carbonyl (C=O) groups excluding carboxylic acids is 2. The number of thioether (sulfide) groups is 1. The Labute approximate surface area is 247 Å². The fourth-order valence-corrected chi connectivity index (χ4v) is 6.52. The summed E-state index contributed by atoms with van der Waals surface area (Å²) in [4.78, 5) is 39.3. The van der Waals surface area contributed by atoms with E-state index in [1.165, 1.54) is 44.4 Å². The normalized spacial score (nSPS) is 15.8. The summed E-state index contributed by atoms with van der Waals surface area (Å²) >= 11 is 2.20. The number of aryl methyl sites for hydroxylation is 1. The molecule has 2 aromatic rings. The van der Waals surface area contributed by atoms with Gasteiger partial charge in [0.1, 0.15) is 4.75 Å². The molecule has 1 saturated heterocycles. The Balaban J connectivity index is 1.56. The number of thiazole rings is 1. The highest BCUT2D eigenvalue weighted by Gasteiger charge is 2.45. The third-order valence-electron chi connectivity index (χ3n) is 6.63. The van der Waals surface area contributed by atoms with Gasteiger partial charge in [-0.1, -0.05) is 44.4 Å². The molecule has 0 saturated carbocycles. The Kier molecular flexibility index (Phi) is 12.2. The van der Waals surface area contributed by atoms with E-state index >= 15 is 0 Å². The molecule has 3 heterocycles. The second-order valence-electron chi connectivity index (χ2n) is 10.4. The van der Waals surface area contributed by atoms with Crippen LogP contribution >= 0.6 is 23.1 Å². The van der Waals surface area contributed by atoms with Crippen molar-refractivity contribution in [1.29, 1.82) is 0 Å². The summed E-state index contributed by atoms with van der Waals surface area (Å²) in [5.41, 5.74) is 2.84. The minimum atomic E-state index is -5.24. The molecular formula is C27H38F3N5O4S2. The molecule has 1 aliphatic heterocycles. The number of carbonyl (C=O) groups is 2. The molecule has 3 rings (SSSR count). The number of nitrogens with zero attached hydrogens (tertiary/aromatic N) is 4. The second-order valence-corrected chi connectivity index (χ2v) is 13.1. The third kappa shape index (κ3) is 10.1. The highest BCUT2D eigenvalue weighted by atomic mass is 32.2. The lowest BCUT2D eigenvalue weighted by Crippen LogP contribution is -2.36. The van der Waals surface area contributed by atoms with E-state index in [9.17, 15) is 22.8 Å². The first-order valence-corrected chi connectivity index (χ1v) is 15.5. The topological polar surface area (TPSA) is 107 Å². The molecule has 228 valence electrons. The molecule has 0 amide bonds. The monoisotopic (exact) mass is 617 g/mol. The average Bonchev–Trinajstić information content (AvgIpc) is 3.57. The van der Waals surface area contributed by atoms with Crippen LogP contribution in [0.1, 0.15) is 70.7 Å². The summed E-state index contributed by atoms with van der Waals surface area (Å²) in [6.45, 7) is 7.22. The van der Waals surface area contributed by atoms with Gasteiger partial charge in [0.25, 0.3) is 0 Å². The number of aromatic nitrogens is 3. The number of esters is 2. The van der Waals surface area contributed by atoms with Crippen molar-refractivity contribution in [2.24, 2.45) is 0 Å². The first-order valence-electron chi connectivity index (χ1n) is 13.8. The minimum absolute atomic E-state index is 0.213. The fraction of sp³-hybridized carbons (Fsp3) is 0.667. The molecule has 0 aliphatic carbocycles. The van der Waals surface area contributed by atoms with Gasteiger partial charge in [-0.25, -0.2) is 19.7 Å². The van der Waals surface area contributed by atoms with Gasteiger partial charge >= 0.3 is 18.1 Å². The molecule has 2 aromatic heterocycles. The van der Waals surface area contributed by atoms with Crippen molar-refractivity contribution in [2.45, 2.75) is 93.5 Å². The number of nitrogens with one attached hydrogen (secondary N) is 1. The van der Waals surface area contributed by atoms with Crippen LogP contribution in [0.4, 0.5) is 24.8 Å². The summed E-state index contributed by atoms with van der Waals surface area (Å²) in [6.07, 6.45) is 5.15. The molecule has 14 heteroatoms. The van der Waals surface area contributed by atoms with Crippen molar-refractivity contribution in [3.63, 3.8) is 0 Å². The maximum atomic E-state index is 12.4.